The van der Waals surface area contributed by atoms with Gasteiger partial charge in [0.15, 0.2) is 0 Å². The highest BCUT2D eigenvalue weighted by atomic mass is 16.5. The van der Waals surface area contributed by atoms with Crippen molar-refractivity contribution >= 4 is 0 Å². The van der Waals surface area contributed by atoms with Crippen molar-refractivity contribution in [1.29, 1.82) is 0 Å². The van der Waals surface area contributed by atoms with Crippen LogP contribution in [0.15, 0.2) is 0 Å². The van der Waals surface area contributed by atoms with Crippen molar-refractivity contribution in [2.24, 2.45) is 11.8 Å². The lowest BCUT2D eigenvalue weighted by molar-refractivity contribution is 0.0512. The first-order valence-electron chi connectivity index (χ1n) is 5.67. The fourth-order valence-electron chi connectivity index (χ4n) is 2.17. The van der Waals surface area contributed by atoms with Crippen molar-refractivity contribution in [3.05, 3.63) is 0 Å². The van der Waals surface area contributed by atoms with Gasteiger partial charge in [-0.05, 0) is 26.8 Å². The maximum absolute atomic E-state index is 5.79. The molecule has 0 spiro atoms. The third-order valence-electron chi connectivity index (χ3n) is 3.38. The van der Waals surface area contributed by atoms with Crippen molar-refractivity contribution in [2.75, 3.05) is 26.7 Å². The normalized spacial score (nSPS) is 37.7. The molecule has 14 heavy (non-hydrogen) atoms. The predicted octanol–water partition coefficient (Wildman–Crippen LogP) is 0.855. The Bertz CT molecular complexity index is 163. The van der Waals surface area contributed by atoms with Gasteiger partial charge in [-0.1, -0.05) is 6.92 Å². The molecule has 1 heterocycles. The topological polar surface area (TPSA) is 33.3 Å². The van der Waals surface area contributed by atoms with Crippen molar-refractivity contribution in [3.63, 3.8) is 0 Å². The zero-order valence-electron chi connectivity index (χ0n) is 9.84. The average Bonchev–Trinajstić information content (AvgIpc) is 2.38. The first-order valence-corrected chi connectivity index (χ1v) is 5.67. The first-order chi connectivity index (χ1) is 6.66. The molecule has 3 heteroatoms. The SMILES string of the molecule is CNCCNCC1C(C)OC(C)C1C. The molecule has 4 atom stereocenters. The highest BCUT2D eigenvalue weighted by molar-refractivity contribution is 4.85. The van der Waals surface area contributed by atoms with E-state index in [9.17, 15) is 0 Å². The highest BCUT2D eigenvalue weighted by Gasteiger charge is 2.36. The van der Waals surface area contributed by atoms with Gasteiger partial charge in [-0.2, -0.15) is 0 Å². The molecule has 0 amide bonds. The van der Waals surface area contributed by atoms with Gasteiger partial charge in [0.25, 0.3) is 0 Å². The Kier molecular flexibility index (Phi) is 4.85. The van der Waals surface area contributed by atoms with Crippen LogP contribution in [0.4, 0.5) is 0 Å². The van der Waals surface area contributed by atoms with Gasteiger partial charge in [-0.3, -0.25) is 0 Å². The van der Waals surface area contributed by atoms with Crippen LogP contribution in [0.25, 0.3) is 0 Å². The van der Waals surface area contributed by atoms with E-state index >= 15 is 0 Å². The molecule has 0 aromatic heterocycles. The van der Waals surface area contributed by atoms with Crippen molar-refractivity contribution in [1.82, 2.24) is 10.6 Å². The number of rotatable bonds is 5. The van der Waals surface area contributed by atoms with Gasteiger partial charge in [0.2, 0.25) is 0 Å². The second kappa shape index (κ2) is 5.69. The molecular formula is C11H24N2O. The Balaban J connectivity index is 2.22. The molecule has 1 saturated heterocycles. The molecule has 1 fully saturated rings. The lowest BCUT2D eigenvalue weighted by atomic mass is 9.89. The second-order valence-corrected chi connectivity index (χ2v) is 4.38. The van der Waals surface area contributed by atoms with E-state index in [0.29, 0.717) is 24.0 Å². The monoisotopic (exact) mass is 200 g/mol. The zero-order valence-corrected chi connectivity index (χ0v) is 9.84. The van der Waals surface area contributed by atoms with Crippen LogP contribution in [-0.4, -0.2) is 38.9 Å². The van der Waals surface area contributed by atoms with Gasteiger partial charge in [0.1, 0.15) is 0 Å². The molecule has 1 aliphatic heterocycles. The number of ether oxygens (including phenoxy) is 1. The first kappa shape index (κ1) is 12.0. The molecule has 0 saturated carbocycles. The van der Waals surface area contributed by atoms with E-state index in [-0.39, 0.29) is 0 Å². The van der Waals surface area contributed by atoms with E-state index < -0.39 is 0 Å². The summed E-state index contributed by atoms with van der Waals surface area (Å²) in [5.74, 6) is 1.34. The zero-order chi connectivity index (χ0) is 10.6. The summed E-state index contributed by atoms with van der Waals surface area (Å²) in [7, 11) is 1.98. The standard InChI is InChI=1S/C11H24N2O/c1-8-9(2)14-10(3)11(8)7-13-6-5-12-4/h8-13H,5-7H2,1-4H3. The smallest absolute Gasteiger partial charge is 0.0594 e. The predicted molar refractivity (Wildman–Crippen MR) is 59.5 cm³/mol. The average molecular weight is 200 g/mol. The van der Waals surface area contributed by atoms with Crippen LogP contribution in [-0.2, 0) is 4.74 Å². The maximum atomic E-state index is 5.79. The molecule has 0 aromatic rings. The second-order valence-electron chi connectivity index (χ2n) is 4.38. The minimum Gasteiger partial charge on any atom is -0.375 e. The van der Waals surface area contributed by atoms with Crippen molar-refractivity contribution in [3.8, 4) is 0 Å². The van der Waals surface area contributed by atoms with Crippen LogP contribution < -0.4 is 10.6 Å². The molecule has 2 N–H and O–H groups in total. The largest absolute Gasteiger partial charge is 0.375 e. The Morgan fingerprint density at radius 1 is 1.07 bits per heavy atom. The summed E-state index contributed by atoms with van der Waals surface area (Å²) in [6, 6.07) is 0. The van der Waals surface area contributed by atoms with Crippen LogP contribution in [0.1, 0.15) is 20.8 Å². The number of nitrogens with one attached hydrogen (secondary N) is 2. The lowest BCUT2D eigenvalue weighted by Gasteiger charge is -2.18. The minimum absolute atomic E-state index is 0.405. The van der Waals surface area contributed by atoms with Gasteiger partial charge in [0.05, 0.1) is 12.2 Å². The quantitative estimate of drug-likeness (QED) is 0.646. The molecule has 4 unspecified atom stereocenters. The van der Waals surface area contributed by atoms with E-state index in [0.717, 1.165) is 19.6 Å². The van der Waals surface area contributed by atoms with E-state index in [2.05, 4.69) is 31.4 Å². The van der Waals surface area contributed by atoms with Crippen LogP contribution >= 0.6 is 0 Å². The van der Waals surface area contributed by atoms with Crippen LogP contribution in [0.5, 0.6) is 0 Å². The molecule has 0 aliphatic carbocycles. The molecule has 0 radical (unpaired) electrons. The summed E-state index contributed by atoms with van der Waals surface area (Å²) in [4.78, 5) is 0. The Labute approximate surface area is 87.6 Å². The molecule has 0 bridgehead atoms. The van der Waals surface area contributed by atoms with Gasteiger partial charge in [-0.15, -0.1) is 0 Å². The molecule has 1 rings (SSSR count). The Hall–Kier alpha value is -0.120. The summed E-state index contributed by atoms with van der Waals surface area (Å²) in [5.41, 5.74) is 0. The van der Waals surface area contributed by atoms with Crippen LogP contribution in [0, 0.1) is 11.8 Å². The van der Waals surface area contributed by atoms with E-state index in [1.54, 1.807) is 0 Å². The molecule has 1 aliphatic rings. The van der Waals surface area contributed by atoms with Gasteiger partial charge < -0.3 is 15.4 Å². The van der Waals surface area contributed by atoms with Gasteiger partial charge in [-0.25, -0.2) is 0 Å². The number of likely N-dealkylation sites (N-methyl/N-ethyl adjacent to an activating group) is 1. The van der Waals surface area contributed by atoms with Gasteiger partial charge in [0, 0.05) is 25.6 Å². The summed E-state index contributed by atoms with van der Waals surface area (Å²) in [5, 5.41) is 6.60. The highest BCUT2D eigenvalue weighted by Crippen LogP contribution is 2.31. The summed E-state index contributed by atoms with van der Waals surface area (Å²) >= 11 is 0. The summed E-state index contributed by atoms with van der Waals surface area (Å²) < 4.78 is 5.79. The third-order valence-corrected chi connectivity index (χ3v) is 3.38. The Morgan fingerprint density at radius 2 is 1.79 bits per heavy atom. The fraction of sp³-hybridized carbons (Fsp3) is 1.00. The van der Waals surface area contributed by atoms with Crippen molar-refractivity contribution < 1.29 is 4.74 Å². The third kappa shape index (κ3) is 2.94. The lowest BCUT2D eigenvalue weighted by Crippen LogP contribution is -2.34. The van der Waals surface area contributed by atoms with E-state index in [1.165, 1.54) is 0 Å². The van der Waals surface area contributed by atoms with Crippen LogP contribution in [0.2, 0.25) is 0 Å². The minimum atomic E-state index is 0.405. The van der Waals surface area contributed by atoms with Gasteiger partial charge >= 0.3 is 0 Å². The summed E-state index contributed by atoms with van der Waals surface area (Å²) in [6.45, 7) is 9.80. The van der Waals surface area contributed by atoms with Crippen molar-refractivity contribution in [2.45, 2.75) is 33.0 Å². The molecule has 3 nitrogen and oxygen atoms in total. The number of hydrogen-bond donors (Lipinski definition) is 2. The molecular weight excluding hydrogens is 176 g/mol. The maximum Gasteiger partial charge on any atom is 0.0594 e. The van der Waals surface area contributed by atoms with Crippen LogP contribution in [0.3, 0.4) is 0 Å². The fourth-order valence-corrected chi connectivity index (χ4v) is 2.17. The number of hydrogen-bond acceptors (Lipinski definition) is 3. The van der Waals surface area contributed by atoms with E-state index in [1.807, 2.05) is 7.05 Å². The molecule has 84 valence electrons. The summed E-state index contributed by atoms with van der Waals surface area (Å²) in [6.07, 6.45) is 0.822. The van der Waals surface area contributed by atoms with E-state index in [4.69, 9.17) is 4.74 Å². The Morgan fingerprint density at radius 3 is 2.29 bits per heavy atom. The molecule has 0 aromatic carbocycles.